The lowest BCUT2D eigenvalue weighted by molar-refractivity contribution is 0.0699. The number of carbonyl (C=O) groups is 1. The highest BCUT2D eigenvalue weighted by Crippen LogP contribution is 2.36. The molecule has 0 radical (unpaired) electrons. The highest BCUT2D eigenvalue weighted by molar-refractivity contribution is 7.87. The van der Waals surface area contributed by atoms with E-state index in [4.69, 9.17) is 15.8 Å². The first-order valence-electron chi connectivity index (χ1n) is 8.25. The summed E-state index contributed by atoms with van der Waals surface area (Å²) in [6.45, 7) is 0. The van der Waals surface area contributed by atoms with Gasteiger partial charge in [0.25, 0.3) is 0 Å². The molecule has 0 atom stereocenters. The van der Waals surface area contributed by atoms with Gasteiger partial charge in [0.2, 0.25) is 0 Å². The summed E-state index contributed by atoms with van der Waals surface area (Å²) in [4.78, 5) is 11.3. The van der Waals surface area contributed by atoms with Crippen molar-refractivity contribution in [3.05, 3.63) is 83.4 Å². The number of hydrogen-bond acceptors (Lipinski definition) is 4. The van der Waals surface area contributed by atoms with Crippen LogP contribution in [0.2, 0.25) is 5.02 Å². The normalized spacial score (nSPS) is 11.6. The standard InChI is InChI=1S/C21H13ClO5S/c22-18-12-17(21(23)24)15-9-3-4-10-16(15)20(18)28(25,26)27-19-11-5-7-13-6-1-2-8-14(13)19/h1-12H,(H,23,24). The van der Waals surface area contributed by atoms with E-state index >= 15 is 0 Å². The molecule has 7 heteroatoms. The molecule has 4 aromatic carbocycles. The zero-order valence-corrected chi connectivity index (χ0v) is 15.9. The zero-order valence-electron chi connectivity index (χ0n) is 14.3. The van der Waals surface area contributed by atoms with E-state index in [0.29, 0.717) is 5.39 Å². The molecule has 1 N–H and O–H groups in total. The maximum Gasteiger partial charge on any atom is 0.341 e. The number of fused-ring (bicyclic) bond motifs is 2. The Balaban J connectivity index is 1.93. The van der Waals surface area contributed by atoms with Gasteiger partial charge >= 0.3 is 16.1 Å². The van der Waals surface area contributed by atoms with Gasteiger partial charge in [-0.05, 0) is 22.9 Å². The molecule has 0 bridgehead atoms. The fourth-order valence-corrected chi connectivity index (χ4v) is 4.88. The minimum Gasteiger partial charge on any atom is -0.478 e. The Labute approximate surface area is 165 Å². The van der Waals surface area contributed by atoms with Gasteiger partial charge in [-0.25, -0.2) is 4.79 Å². The number of aromatic carboxylic acids is 1. The van der Waals surface area contributed by atoms with E-state index < -0.39 is 16.1 Å². The SMILES string of the molecule is O=C(O)c1cc(Cl)c(S(=O)(=O)Oc2cccc3ccccc23)c2ccccc12. The first-order chi connectivity index (χ1) is 13.4. The molecular weight excluding hydrogens is 400 g/mol. The van der Waals surface area contributed by atoms with Crippen LogP contribution in [-0.2, 0) is 10.1 Å². The topological polar surface area (TPSA) is 80.7 Å². The van der Waals surface area contributed by atoms with Crippen molar-refractivity contribution in [2.45, 2.75) is 4.90 Å². The molecule has 0 aliphatic rings. The average Bonchev–Trinajstić information content (AvgIpc) is 2.67. The number of hydrogen-bond donors (Lipinski definition) is 1. The predicted molar refractivity (Wildman–Crippen MR) is 108 cm³/mol. The maximum atomic E-state index is 13.1. The van der Waals surface area contributed by atoms with Gasteiger partial charge in [-0.1, -0.05) is 72.3 Å². The molecule has 0 heterocycles. The smallest absolute Gasteiger partial charge is 0.341 e. The van der Waals surface area contributed by atoms with Crippen molar-refractivity contribution in [2.75, 3.05) is 0 Å². The van der Waals surface area contributed by atoms with Crippen LogP contribution in [0.4, 0.5) is 0 Å². The van der Waals surface area contributed by atoms with Gasteiger partial charge in [0, 0.05) is 10.8 Å². The first kappa shape index (κ1) is 18.3. The number of benzene rings is 4. The second-order valence-electron chi connectivity index (χ2n) is 6.10. The van der Waals surface area contributed by atoms with Crippen molar-refractivity contribution in [3.8, 4) is 5.75 Å². The van der Waals surface area contributed by atoms with Crippen LogP contribution in [0.25, 0.3) is 21.5 Å². The minimum atomic E-state index is -4.33. The molecule has 4 aromatic rings. The maximum absolute atomic E-state index is 13.1. The molecule has 5 nitrogen and oxygen atoms in total. The average molecular weight is 413 g/mol. The highest BCUT2D eigenvalue weighted by atomic mass is 35.5. The van der Waals surface area contributed by atoms with Gasteiger partial charge in [0.15, 0.2) is 5.75 Å². The lowest BCUT2D eigenvalue weighted by atomic mass is 10.0. The number of rotatable bonds is 4. The van der Waals surface area contributed by atoms with Gasteiger partial charge in [-0.15, -0.1) is 0 Å². The number of halogens is 1. The molecule has 0 saturated carbocycles. The summed E-state index contributed by atoms with van der Waals surface area (Å²) >= 11 is 6.20. The van der Waals surface area contributed by atoms with E-state index in [1.807, 2.05) is 18.2 Å². The van der Waals surface area contributed by atoms with Crippen molar-refractivity contribution in [3.63, 3.8) is 0 Å². The van der Waals surface area contributed by atoms with Gasteiger partial charge in [0.05, 0.1) is 10.6 Å². The van der Waals surface area contributed by atoms with Crippen molar-refractivity contribution in [1.29, 1.82) is 0 Å². The number of carboxylic acid groups (broad SMARTS) is 1. The van der Waals surface area contributed by atoms with Gasteiger partial charge in [-0.2, -0.15) is 8.42 Å². The Morgan fingerprint density at radius 1 is 0.857 bits per heavy atom. The van der Waals surface area contributed by atoms with Crippen molar-refractivity contribution < 1.29 is 22.5 Å². The van der Waals surface area contributed by atoms with Crippen LogP contribution in [0.3, 0.4) is 0 Å². The third kappa shape index (κ3) is 3.06. The van der Waals surface area contributed by atoms with E-state index in [2.05, 4.69) is 0 Å². The molecule has 4 rings (SSSR count). The van der Waals surface area contributed by atoms with E-state index in [0.717, 1.165) is 11.5 Å². The Morgan fingerprint density at radius 3 is 2.18 bits per heavy atom. The molecule has 140 valence electrons. The third-order valence-corrected chi connectivity index (χ3v) is 6.13. The van der Waals surface area contributed by atoms with Crippen LogP contribution in [-0.4, -0.2) is 19.5 Å². The Hall–Kier alpha value is -3.09. The fraction of sp³-hybridized carbons (Fsp3) is 0. The van der Waals surface area contributed by atoms with Crippen molar-refractivity contribution >= 4 is 49.2 Å². The largest absolute Gasteiger partial charge is 0.478 e. The second kappa shape index (κ2) is 6.82. The molecular formula is C21H13ClO5S. The van der Waals surface area contributed by atoms with Crippen molar-refractivity contribution in [1.82, 2.24) is 0 Å². The molecule has 0 aromatic heterocycles. The highest BCUT2D eigenvalue weighted by Gasteiger charge is 2.27. The van der Waals surface area contributed by atoms with Crippen LogP contribution in [0.5, 0.6) is 5.75 Å². The van der Waals surface area contributed by atoms with Crippen LogP contribution in [0, 0.1) is 0 Å². The van der Waals surface area contributed by atoms with Gasteiger partial charge < -0.3 is 9.29 Å². The second-order valence-corrected chi connectivity index (χ2v) is 7.99. The van der Waals surface area contributed by atoms with Gasteiger partial charge in [-0.3, -0.25) is 0 Å². The Morgan fingerprint density at radius 2 is 1.46 bits per heavy atom. The molecule has 0 spiro atoms. The Bertz CT molecular complexity index is 1340. The lowest BCUT2D eigenvalue weighted by Gasteiger charge is -2.14. The zero-order chi connectivity index (χ0) is 19.9. The van der Waals surface area contributed by atoms with E-state index in [1.165, 1.54) is 12.1 Å². The summed E-state index contributed by atoms with van der Waals surface area (Å²) in [5.41, 5.74) is -0.0790. The minimum absolute atomic E-state index is 0.0790. The molecule has 0 amide bonds. The van der Waals surface area contributed by atoms with Crippen molar-refractivity contribution in [2.24, 2.45) is 0 Å². The Kier molecular flexibility index (Phi) is 4.45. The molecule has 28 heavy (non-hydrogen) atoms. The number of carboxylic acids is 1. The first-order valence-corrected chi connectivity index (χ1v) is 10.0. The monoisotopic (exact) mass is 412 g/mol. The molecule has 0 saturated heterocycles. The predicted octanol–water partition coefficient (Wildman–Crippen LogP) is 5.11. The van der Waals surface area contributed by atoms with Crippen LogP contribution >= 0.6 is 11.6 Å². The molecule has 0 aliphatic heterocycles. The quantitative estimate of drug-likeness (QED) is 0.471. The summed E-state index contributed by atoms with van der Waals surface area (Å²) in [6, 6.07) is 19.7. The molecule has 0 aliphatic carbocycles. The van der Waals surface area contributed by atoms with Crippen LogP contribution in [0.15, 0.2) is 77.7 Å². The van der Waals surface area contributed by atoms with Gasteiger partial charge in [0.1, 0.15) is 4.90 Å². The fourth-order valence-electron chi connectivity index (χ4n) is 3.17. The summed E-state index contributed by atoms with van der Waals surface area (Å²) in [7, 11) is -4.33. The summed E-state index contributed by atoms with van der Waals surface area (Å²) < 4.78 is 31.6. The van der Waals surface area contributed by atoms with Crippen LogP contribution < -0.4 is 4.18 Å². The summed E-state index contributed by atoms with van der Waals surface area (Å²) in [5, 5.41) is 11.1. The third-order valence-electron chi connectivity index (χ3n) is 4.38. The lowest BCUT2D eigenvalue weighted by Crippen LogP contribution is -2.12. The van der Waals surface area contributed by atoms with Crippen LogP contribution in [0.1, 0.15) is 10.4 Å². The summed E-state index contributed by atoms with van der Waals surface area (Å²) in [5.74, 6) is -1.03. The molecule has 0 fully saturated rings. The molecule has 0 unspecified atom stereocenters. The van der Waals surface area contributed by atoms with E-state index in [9.17, 15) is 18.3 Å². The van der Waals surface area contributed by atoms with E-state index in [-0.39, 0.29) is 32.0 Å². The summed E-state index contributed by atoms with van der Waals surface area (Å²) in [6.07, 6.45) is 0. The van der Waals surface area contributed by atoms with E-state index in [1.54, 1.807) is 36.4 Å².